The molecular formula is C14H16O2. The van der Waals surface area contributed by atoms with Crippen LogP contribution in [0.1, 0.15) is 13.8 Å². The van der Waals surface area contributed by atoms with Crippen LogP contribution in [0.15, 0.2) is 72.7 Å². The van der Waals surface area contributed by atoms with Crippen molar-refractivity contribution in [2.75, 3.05) is 0 Å². The summed E-state index contributed by atoms with van der Waals surface area (Å²) in [6.45, 7) is 11.1. The molecule has 0 N–H and O–H groups in total. The molecule has 0 aromatic heterocycles. The maximum absolute atomic E-state index is 5.69. The molecule has 0 unspecified atom stereocenters. The average Bonchev–Trinajstić information content (AvgIpc) is 2.30. The molecule has 2 heteroatoms. The van der Waals surface area contributed by atoms with E-state index in [0.717, 1.165) is 0 Å². The summed E-state index contributed by atoms with van der Waals surface area (Å²) in [5.74, 6) is 2.59. The van der Waals surface area contributed by atoms with Gasteiger partial charge in [-0.3, -0.25) is 0 Å². The van der Waals surface area contributed by atoms with Crippen molar-refractivity contribution in [1.82, 2.24) is 0 Å². The van der Waals surface area contributed by atoms with E-state index < -0.39 is 0 Å². The first kappa shape index (κ1) is 12.1. The minimum Gasteiger partial charge on any atom is -0.450 e. The zero-order chi connectivity index (χ0) is 12.0. The average molecular weight is 216 g/mol. The number of rotatable bonds is 3. The van der Waals surface area contributed by atoms with Crippen LogP contribution in [0, 0.1) is 0 Å². The highest BCUT2D eigenvalue weighted by atomic mass is 16.6. The molecule has 16 heavy (non-hydrogen) atoms. The van der Waals surface area contributed by atoms with Gasteiger partial charge in [-0.1, -0.05) is 25.3 Å². The quantitative estimate of drug-likeness (QED) is 0.710. The van der Waals surface area contributed by atoms with Crippen molar-refractivity contribution in [3.63, 3.8) is 0 Å². The van der Waals surface area contributed by atoms with E-state index in [1.54, 1.807) is 18.2 Å². The second-order valence-corrected chi connectivity index (χ2v) is 3.06. The van der Waals surface area contributed by atoms with Gasteiger partial charge in [0.25, 0.3) is 0 Å². The molecule has 0 radical (unpaired) electrons. The van der Waals surface area contributed by atoms with Crippen molar-refractivity contribution in [3.05, 3.63) is 72.7 Å². The normalized spacial score (nSPS) is 21.1. The highest BCUT2D eigenvalue weighted by Gasteiger charge is 2.19. The van der Waals surface area contributed by atoms with Crippen molar-refractivity contribution in [2.45, 2.75) is 13.8 Å². The SMILES string of the molecule is C=C/C=C1/OC(/C=C\C)=C(C=C)O/C1=C/C. The van der Waals surface area contributed by atoms with Gasteiger partial charge >= 0.3 is 0 Å². The first-order valence-corrected chi connectivity index (χ1v) is 5.11. The number of ether oxygens (including phenoxy) is 2. The maximum Gasteiger partial charge on any atom is 0.169 e. The van der Waals surface area contributed by atoms with E-state index in [0.29, 0.717) is 23.0 Å². The summed E-state index contributed by atoms with van der Waals surface area (Å²) in [6, 6.07) is 0. The van der Waals surface area contributed by atoms with Crippen molar-refractivity contribution < 1.29 is 9.47 Å². The van der Waals surface area contributed by atoms with Gasteiger partial charge in [0.1, 0.15) is 0 Å². The zero-order valence-corrected chi connectivity index (χ0v) is 9.69. The van der Waals surface area contributed by atoms with Crippen LogP contribution in [0.5, 0.6) is 0 Å². The fraction of sp³-hybridized carbons (Fsp3) is 0.143. The molecule has 1 aliphatic heterocycles. The van der Waals surface area contributed by atoms with Crippen LogP contribution in [-0.4, -0.2) is 0 Å². The van der Waals surface area contributed by atoms with Crippen LogP contribution < -0.4 is 0 Å². The lowest BCUT2D eigenvalue weighted by Gasteiger charge is -2.22. The lowest BCUT2D eigenvalue weighted by atomic mass is 10.2. The van der Waals surface area contributed by atoms with E-state index in [4.69, 9.17) is 9.47 Å². The summed E-state index contributed by atoms with van der Waals surface area (Å²) >= 11 is 0. The van der Waals surface area contributed by atoms with Crippen LogP contribution in [0.25, 0.3) is 0 Å². The Morgan fingerprint density at radius 1 is 1.00 bits per heavy atom. The number of hydrogen-bond acceptors (Lipinski definition) is 2. The van der Waals surface area contributed by atoms with Crippen LogP contribution in [0.4, 0.5) is 0 Å². The molecule has 0 fully saturated rings. The molecule has 0 saturated heterocycles. The maximum atomic E-state index is 5.69. The third kappa shape index (κ3) is 2.54. The third-order valence-corrected chi connectivity index (χ3v) is 1.96. The predicted molar refractivity (Wildman–Crippen MR) is 66.2 cm³/mol. The van der Waals surface area contributed by atoms with E-state index in [9.17, 15) is 0 Å². The molecule has 0 bridgehead atoms. The largest absolute Gasteiger partial charge is 0.450 e. The van der Waals surface area contributed by atoms with Gasteiger partial charge < -0.3 is 9.47 Å². The molecule has 1 aliphatic rings. The topological polar surface area (TPSA) is 18.5 Å². The van der Waals surface area contributed by atoms with Gasteiger partial charge in [0.15, 0.2) is 23.0 Å². The van der Waals surface area contributed by atoms with E-state index in [1.807, 2.05) is 32.1 Å². The van der Waals surface area contributed by atoms with E-state index in [1.165, 1.54) is 0 Å². The Kier molecular flexibility index (Phi) is 4.40. The van der Waals surface area contributed by atoms with E-state index in [-0.39, 0.29) is 0 Å². The molecule has 1 heterocycles. The molecule has 84 valence electrons. The fourth-order valence-electron chi connectivity index (χ4n) is 1.27. The summed E-state index contributed by atoms with van der Waals surface area (Å²) in [5.41, 5.74) is 0. The van der Waals surface area contributed by atoms with Crippen LogP contribution in [-0.2, 0) is 9.47 Å². The Labute approximate surface area is 96.6 Å². The Bertz CT molecular complexity index is 406. The minimum atomic E-state index is 0.618. The van der Waals surface area contributed by atoms with Gasteiger partial charge in [-0.2, -0.15) is 0 Å². The first-order valence-electron chi connectivity index (χ1n) is 5.11. The lowest BCUT2D eigenvalue weighted by molar-refractivity contribution is 0.188. The number of allylic oxidation sites excluding steroid dienone is 6. The lowest BCUT2D eigenvalue weighted by Crippen LogP contribution is -2.08. The van der Waals surface area contributed by atoms with Crippen LogP contribution in [0.3, 0.4) is 0 Å². The highest BCUT2D eigenvalue weighted by molar-refractivity contribution is 5.36. The molecule has 0 aromatic carbocycles. The molecular weight excluding hydrogens is 200 g/mol. The summed E-state index contributed by atoms with van der Waals surface area (Å²) in [5, 5.41) is 0. The third-order valence-electron chi connectivity index (χ3n) is 1.96. The molecule has 0 spiro atoms. The molecule has 0 aliphatic carbocycles. The van der Waals surface area contributed by atoms with Gasteiger partial charge in [-0.05, 0) is 38.2 Å². The fourth-order valence-corrected chi connectivity index (χ4v) is 1.27. The second kappa shape index (κ2) is 5.81. The standard InChI is InChI=1S/C14H16O2/c1-5-9-13-11(7-3)15-12(8-4)14(16-13)10-6-2/h5-10H,1,4H2,2-3H3/b10-6-,11-7+,13-9+. The summed E-state index contributed by atoms with van der Waals surface area (Å²) < 4.78 is 11.3. The van der Waals surface area contributed by atoms with Gasteiger partial charge in [0, 0.05) is 0 Å². The van der Waals surface area contributed by atoms with Gasteiger partial charge in [0.2, 0.25) is 0 Å². The Morgan fingerprint density at radius 2 is 1.69 bits per heavy atom. The van der Waals surface area contributed by atoms with Crippen LogP contribution in [0.2, 0.25) is 0 Å². The van der Waals surface area contributed by atoms with Crippen molar-refractivity contribution in [3.8, 4) is 0 Å². The van der Waals surface area contributed by atoms with Crippen LogP contribution >= 0.6 is 0 Å². The van der Waals surface area contributed by atoms with Gasteiger partial charge in [-0.15, -0.1) is 0 Å². The highest BCUT2D eigenvalue weighted by Crippen LogP contribution is 2.29. The van der Waals surface area contributed by atoms with Crippen molar-refractivity contribution >= 4 is 0 Å². The van der Waals surface area contributed by atoms with E-state index >= 15 is 0 Å². The monoisotopic (exact) mass is 216 g/mol. The summed E-state index contributed by atoms with van der Waals surface area (Å²) in [4.78, 5) is 0. The van der Waals surface area contributed by atoms with Gasteiger partial charge in [0.05, 0.1) is 0 Å². The Morgan fingerprint density at radius 3 is 2.19 bits per heavy atom. The van der Waals surface area contributed by atoms with E-state index in [2.05, 4.69) is 13.2 Å². The molecule has 0 aromatic rings. The first-order chi connectivity index (χ1) is 7.76. The number of hydrogen-bond donors (Lipinski definition) is 0. The molecule has 0 amide bonds. The summed E-state index contributed by atoms with van der Waals surface area (Å²) in [7, 11) is 0. The predicted octanol–water partition coefficient (Wildman–Crippen LogP) is 3.98. The molecule has 2 nitrogen and oxygen atoms in total. The summed E-state index contributed by atoms with van der Waals surface area (Å²) in [6.07, 6.45) is 10.6. The van der Waals surface area contributed by atoms with Crippen molar-refractivity contribution in [2.24, 2.45) is 0 Å². The zero-order valence-electron chi connectivity index (χ0n) is 9.69. The molecule has 0 saturated carbocycles. The smallest absolute Gasteiger partial charge is 0.169 e. The molecule has 1 rings (SSSR count). The van der Waals surface area contributed by atoms with Crippen molar-refractivity contribution in [1.29, 1.82) is 0 Å². The Hall–Kier alpha value is -1.96. The second-order valence-electron chi connectivity index (χ2n) is 3.06. The minimum absolute atomic E-state index is 0.618. The Balaban J connectivity index is 3.17. The molecule has 0 atom stereocenters. The van der Waals surface area contributed by atoms with Gasteiger partial charge in [-0.25, -0.2) is 0 Å².